The third-order valence-corrected chi connectivity index (χ3v) is 4.64. The van der Waals surface area contributed by atoms with E-state index in [2.05, 4.69) is 26.1 Å². The van der Waals surface area contributed by atoms with Crippen LogP contribution in [0.5, 0.6) is 0 Å². The van der Waals surface area contributed by atoms with Crippen molar-refractivity contribution in [1.29, 1.82) is 0 Å². The maximum Gasteiger partial charge on any atom is 0.416 e. The summed E-state index contributed by atoms with van der Waals surface area (Å²) < 4.78 is 38.9. The Hall–Kier alpha value is -0.750. The zero-order chi connectivity index (χ0) is 14.3. The van der Waals surface area contributed by atoms with E-state index in [1.54, 1.807) is 6.07 Å². The second-order valence-corrected chi connectivity index (χ2v) is 6.43. The molecule has 2 unspecified atom stereocenters. The van der Waals surface area contributed by atoms with E-state index in [-0.39, 0.29) is 6.04 Å². The topological polar surface area (TPSA) is 15.3 Å². The van der Waals surface area contributed by atoms with Crippen molar-refractivity contribution in [2.45, 2.75) is 37.5 Å². The Balaban J connectivity index is 1.79. The van der Waals surface area contributed by atoms with Crippen molar-refractivity contribution in [1.82, 2.24) is 4.90 Å². The Bertz CT molecular complexity index is 504. The number of hydrogen-bond acceptors (Lipinski definition) is 2. The number of rotatable bonds is 2. The van der Waals surface area contributed by atoms with Crippen LogP contribution in [0.1, 0.15) is 24.8 Å². The van der Waals surface area contributed by atoms with Gasteiger partial charge in [0.15, 0.2) is 0 Å². The molecule has 2 nitrogen and oxygen atoms in total. The summed E-state index contributed by atoms with van der Waals surface area (Å²) in [6, 6.07) is 4.76. The van der Waals surface area contributed by atoms with Gasteiger partial charge in [-0.2, -0.15) is 13.2 Å². The SMILES string of the molecule is FC(F)(F)c1cc(Br)cc(NC2CCN3CCCC23)c1. The standard InChI is InChI=1S/C14H16BrF3N2/c15-10-6-9(14(16,17)18)7-11(8-10)19-12-3-5-20-4-1-2-13(12)20/h6-8,12-13,19H,1-5H2. The molecule has 0 saturated carbocycles. The first-order valence-corrected chi connectivity index (χ1v) is 7.61. The number of alkyl halides is 3. The molecular weight excluding hydrogens is 333 g/mol. The number of nitrogens with one attached hydrogen (secondary N) is 1. The Morgan fingerprint density at radius 1 is 1.15 bits per heavy atom. The number of halogens is 4. The van der Waals surface area contributed by atoms with Crippen LogP contribution in [-0.4, -0.2) is 30.1 Å². The van der Waals surface area contributed by atoms with Crippen LogP contribution in [0.25, 0.3) is 0 Å². The van der Waals surface area contributed by atoms with Crippen LogP contribution in [0.2, 0.25) is 0 Å². The van der Waals surface area contributed by atoms with Crippen molar-refractivity contribution in [3.8, 4) is 0 Å². The first kappa shape index (κ1) is 14.2. The summed E-state index contributed by atoms with van der Waals surface area (Å²) in [5.41, 5.74) is -0.0684. The van der Waals surface area contributed by atoms with Crippen LogP contribution in [-0.2, 0) is 6.18 Å². The van der Waals surface area contributed by atoms with E-state index in [4.69, 9.17) is 0 Å². The summed E-state index contributed by atoms with van der Waals surface area (Å²) in [4.78, 5) is 2.43. The monoisotopic (exact) mass is 348 g/mol. The van der Waals surface area contributed by atoms with Gasteiger partial charge in [-0.3, -0.25) is 4.90 Å². The van der Waals surface area contributed by atoms with Crippen molar-refractivity contribution in [2.24, 2.45) is 0 Å². The molecule has 2 fully saturated rings. The van der Waals surface area contributed by atoms with Crippen LogP contribution >= 0.6 is 15.9 Å². The van der Waals surface area contributed by atoms with E-state index in [9.17, 15) is 13.2 Å². The van der Waals surface area contributed by atoms with E-state index < -0.39 is 11.7 Å². The molecule has 0 aromatic heterocycles. The fourth-order valence-electron chi connectivity index (χ4n) is 3.30. The van der Waals surface area contributed by atoms with Crippen molar-refractivity contribution in [2.75, 3.05) is 18.4 Å². The van der Waals surface area contributed by atoms with Crippen molar-refractivity contribution < 1.29 is 13.2 Å². The maximum absolute atomic E-state index is 12.8. The summed E-state index contributed by atoms with van der Waals surface area (Å²) in [7, 11) is 0. The lowest BCUT2D eigenvalue weighted by atomic mass is 10.1. The van der Waals surface area contributed by atoms with Gasteiger partial charge in [-0.05, 0) is 44.0 Å². The molecule has 2 aliphatic heterocycles. The Kier molecular flexibility index (Phi) is 3.71. The molecule has 1 aromatic rings. The second kappa shape index (κ2) is 5.22. The van der Waals surface area contributed by atoms with Crippen LogP contribution < -0.4 is 5.32 Å². The van der Waals surface area contributed by atoms with Gasteiger partial charge in [-0.25, -0.2) is 0 Å². The fourth-order valence-corrected chi connectivity index (χ4v) is 3.79. The fraction of sp³-hybridized carbons (Fsp3) is 0.571. The average molecular weight is 349 g/mol. The van der Waals surface area contributed by atoms with E-state index in [1.165, 1.54) is 12.5 Å². The first-order chi connectivity index (χ1) is 9.43. The molecule has 2 aliphatic rings. The zero-order valence-electron chi connectivity index (χ0n) is 10.9. The third kappa shape index (κ3) is 2.81. The largest absolute Gasteiger partial charge is 0.416 e. The van der Waals surface area contributed by atoms with Gasteiger partial charge in [-0.1, -0.05) is 15.9 Å². The Morgan fingerprint density at radius 2 is 1.95 bits per heavy atom. The number of benzene rings is 1. The molecule has 3 rings (SSSR count). The zero-order valence-corrected chi connectivity index (χ0v) is 12.5. The number of nitrogens with zero attached hydrogens (tertiary/aromatic N) is 1. The predicted octanol–water partition coefficient (Wildman–Crippen LogP) is 4.12. The smallest absolute Gasteiger partial charge is 0.381 e. The highest BCUT2D eigenvalue weighted by atomic mass is 79.9. The maximum atomic E-state index is 12.8. The molecule has 6 heteroatoms. The molecule has 1 aromatic carbocycles. The molecule has 2 heterocycles. The first-order valence-electron chi connectivity index (χ1n) is 6.82. The normalized spacial score (nSPS) is 26.8. The minimum Gasteiger partial charge on any atom is -0.381 e. The van der Waals surface area contributed by atoms with Crippen molar-refractivity contribution in [3.63, 3.8) is 0 Å². The molecule has 0 radical (unpaired) electrons. The van der Waals surface area contributed by atoms with Crippen LogP contribution in [0.4, 0.5) is 18.9 Å². The number of anilines is 1. The molecule has 1 N–H and O–H groups in total. The van der Waals surface area contributed by atoms with E-state index in [1.807, 2.05) is 0 Å². The van der Waals surface area contributed by atoms with Gasteiger partial charge >= 0.3 is 6.18 Å². The van der Waals surface area contributed by atoms with Crippen LogP contribution in [0, 0.1) is 0 Å². The van der Waals surface area contributed by atoms with Gasteiger partial charge in [0.05, 0.1) is 5.56 Å². The highest BCUT2D eigenvalue weighted by Crippen LogP contribution is 2.35. The quantitative estimate of drug-likeness (QED) is 0.864. The number of fused-ring (bicyclic) bond motifs is 1. The molecule has 2 saturated heterocycles. The minimum atomic E-state index is -4.31. The lowest BCUT2D eigenvalue weighted by Gasteiger charge is -2.23. The third-order valence-electron chi connectivity index (χ3n) is 4.18. The molecule has 2 atom stereocenters. The lowest BCUT2D eigenvalue weighted by molar-refractivity contribution is -0.137. The van der Waals surface area contributed by atoms with E-state index in [0.717, 1.165) is 32.0 Å². The molecule has 0 amide bonds. The summed E-state index contributed by atoms with van der Waals surface area (Å²) >= 11 is 3.16. The minimum absolute atomic E-state index is 0.257. The Labute approximate surface area is 124 Å². The van der Waals surface area contributed by atoms with Gasteiger partial charge in [0.2, 0.25) is 0 Å². The number of hydrogen-bond donors (Lipinski definition) is 1. The van der Waals surface area contributed by atoms with E-state index in [0.29, 0.717) is 16.2 Å². The Morgan fingerprint density at radius 3 is 2.70 bits per heavy atom. The summed E-state index contributed by atoms with van der Waals surface area (Å²) in [5.74, 6) is 0. The van der Waals surface area contributed by atoms with Crippen LogP contribution in [0.3, 0.4) is 0 Å². The molecule has 110 valence electrons. The average Bonchev–Trinajstić information content (AvgIpc) is 2.92. The molecule has 0 spiro atoms. The van der Waals surface area contributed by atoms with Crippen LogP contribution in [0.15, 0.2) is 22.7 Å². The molecule has 0 aliphatic carbocycles. The summed E-state index contributed by atoms with van der Waals surface area (Å²) in [6.45, 7) is 2.16. The molecule has 20 heavy (non-hydrogen) atoms. The van der Waals surface area contributed by atoms with Crippen molar-refractivity contribution in [3.05, 3.63) is 28.2 Å². The van der Waals surface area contributed by atoms with E-state index >= 15 is 0 Å². The predicted molar refractivity (Wildman–Crippen MR) is 75.8 cm³/mol. The highest BCUT2D eigenvalue weighted by Gasteiger charge is 2.37. The molecular formula is C14H16BrF3N2. The van der Waals surface area contributed by atoms with Gasteiger partial charge in [0, 0.05) is 28.8 Å². The lowest BCUT2D eigenvalue weighted by Crippen LogP contribution is -2.33. The van der Waals surface area contributed by atoms with Gasteiger partial charge in [0.1, 0.15) is 0 Å². The highest BCUT2D eigenvalue weighted by molar-refractivity contribution is 9.10. The van der Waals surface area contributed by atoms with Gasteiger partial charge in [-0.15, -0.1) is 0 Å². The van der Waals surface area contributed by atoms with Crippen molar-refractivity contribution >= 4 is 21.6 Å². The second-order valence-electron chi connectivity index (χ2n) is 5.51. The van der Waals surface area contributed by atoms with Gasteiger partial charge < -0.3 is 5.32 Å². The van der Waals surface area contributed by atoms with Gasteiger partial charge in [0.25, 0.3) is 0 Å². The summed E-state index contributed by atoms with van der Waals surface area (Å²) in [5, 5.41) is 3.29. The summed E-state index contributed by atoms with van der Waals surface area (Å²) in [6.07, 6.45) is -0.985. The molecule has 0 bridgehead atoms.